The Morgan fingerprint density at radius 3 is 1.06 bits per heavy atom. The SMILES string of the molecule is CC=O.COC(=O)c1cc(F)cc2c1C(=O)C(c1ncnn1C)C(c1ccc(F)cc1)N2.COC(=O)c1cc(F)cc2c1C(=O)[C@H](c1nc[nH][n+]1C)[C@@H](c1ccc(F)cc1)N2.COC(=O)c1cc(F)cc2c1C(=O)[C@H](c1ncnn1C)[C@@H](c1ccc(F)cc1)N2. The number of esters is 3. The van der Waals surface area contributed by atoms with E-state index >= 15 is 0 Å². The first-order chi connectivity index (χ1) is 43.1. The van der Waals surface area contributed by atoms with E-state index in [1.54, 1.807) is 38.0 Å². The summed E-state index contributed by atoms with van der Waals surface area (Å²) in [6.07, 6.45) is 4.81. The topological polar surface area (TPSA) is 277 Å². The normalized spacial score (nSPS) is 17.7. The van der Waals surface area contributed by atoms with Gasteiger partial charge >= 0.3 is 23.7 Å². The van der Waals surface area contributed by atoms with Gasteiger partial charge < -0.3 is 35.0 Å². The Bertz CT molecular complexity index is 3810. The van der Waals surface area contributed by atoms with Crippen molar-refractivity contribution in [3.8, 4) is 0 Å². The van der Waals surface area contributed by atoms with E-state index in [4.69, 9.17) is 19.0 Å². The van der Waals surface area contributed by atoms with Crippen LogP contribution in [0.25, 0.3) is 0 Å². The van der Waals surface area contributed by atoms with Gasteiger partial charge in [0, 0.05) is 31.2 Å². The van der Waals surface area contributed by atoms with Crippen molar-refractivity contribution in [2.45, 2.75) is 42.8 Å². The Hall–Kier alpha value is -11.2. The molecular formula is C62H53F6N12O10+. The zero-order valence-electron chi connectivity index (χ0n) is 48.6. The van der Waals surface area contributed by atoms with Crippen LogP contribution in [0.3, 0.4) is 0 Å². The summed E-state index contributed by atoms with van der Waals surface area (Å²) in [6.45, 7) is 1.44. The molecule has 6 heterocycles. The van der Waals surface area contributed by atoms with Crippen LogP contribution in [-0.4, -0.2) is 102 Å². The summed E-state index contributed by atoms with van der Waals surface area (Å²) in [5.41, 5.74) is 1.84. The lowest BCUT2D eigenvalue weighted by Crippen LogP contribution is -2.43. The minimum Gasteiger partial charge on any atom is -0.465 e. The second-order valence-electron chi connectivity index (χ2n) is 20.2. The van der Waals surface area contributed by atoms with Gasteiger partial charge in [0.25, 0.3) is 0 Å². The Labute approximate surface area is 507 Å². The van der Waals surface area contributed by atoms with Gasteiger partial charge in [-0.25, -0.2) is 50.7 Å². The lowest BCUT2D eigenvalue weighted by atomic mass is 9.80. The molecule has 0 aliphatic carbocycles. The highest BCUT2D eigenvalue weighted by molar-refractivity contribution is 6.16. The monoisotopic (exact) mass is 1240 g/mol. The van der Waals surface area contributed by atoms with Crippen LogP contribution in [0.5, 0.6) is 0 Å². The molecule has 6 atom stereocenters. The van der Waals surface area contributed by atoms with Crippen LogP contribution in [0, 0.1) is 34.9 Å². The highest BCUT2D eigenvalue weighted by Gasteiger charge is 2.47. The number of hydrogen-bond donors (Lipinski definition) is 4. The molecule has 9 aromatic rings. The highest BCUT2D eigenvalue weighted by Crippen LogP contribution is 2.46. The van der Waals surface area contributed by atoms with Gasteiger partial charge in [0.15, 0.2) is 23.3 Å². The van der Waals surface area contributed by atoms with Crippen LogP contribution in [0.15, 0.2) is 128 Å². The average Bonchev–Trinajstić information content (AvgIpc) is 1.75. The van der Waals surface area contributed by atoms with Crippen molar-refractivity contribution < 1.29 is 78.8 Å². The molecule has 0 bridgehead atoms. The number of aldehydes is 1. The van der Waals surface area contributed by atoms with Crippen molar-refractivity contribution in [3.63, 3.8) is 0 Å². The fraction of sp³-hybridized carbons (Fsp3) is 0.210. The molecule has 0 saturated heterocycles. The summed E-state index contributed by atoms with van der Waals surface area (Å²) >= 11 is 0. The largest absolute Gasteiger partial charge is 0.465 e. The number of H-pyrrole nitrogens is 1. The number of ketones is 3. The second-order valence-corrected chi connectivity index (χ2v) is 20.2. The summed E-state index contributed by atoms with van der Waals surface area (Å²) < 4.78 is 101. The van der Waals surface area contributed by atoms with Crippen molar-refractivity contribution in [2.75, 3.05) is 37.3 Å². The van der Waals surface area contributed by atoms with E-state index in [0.29, 0.717) is 34.2 Å². The van der Waals surface area contributed by atoms with Gasteiger partial charge in [-0.3, -0.25) is 23.7 Å². The Balaban J connectivity index is 0.000000156. The molecule has 28 heteroatoms. The minimum atomic E-state index is -0.880. The van der Waals surface area contributed by atoms with Gasteiger partial charge in [-0.2, -0.15) is 20.0 Å². The van der Waals surface area contributed by atoms with Gasteiger partial charge in [-0.15, -0.1) is 0 Å². The zero-order chi connectivity index (χ0) is 64.8. The average molecular weight is 1240 g/mol. The molecule has 462 valence electrons. The first kappa shape index (κ1) is 63.3. The van der Waals surface area contributed by atoms with Crippen LogP contribution in [-0.2, 0) is 40.1 Å². The fourth-order valence-corrected chi connectivity index (χ4v) is 10.9. The van der Waals surface area contributed by atoms with Crippen molar-refractivity contribution in [3.05, 3.63) is 231 Å². The summed E-state index contributed by atoms with van der Waals surface area (Å²) in [7, 11) is 8.44. The maximum atomic E-state index is 14.2. The Morgan fingerprint density at radius 2 is 0.789 bits per heavy atom. The van der Waals surface area contributed by atoms with Gasteiger partial charge in [-0.1, -0.05) is 36.4 Å². The number of aromatic amines is 1. The van der Waals surface area contributed by atoms with E-state index in [9.17, 15) is 55.1 Å². The van der Waals surface area contributed by atoms with Crippen LogP contribution in [0.2, 0.25) is 0 Å². The standard InChI is InChI=1S/3C20H16F2N4O3.C2H4O/c3*1-26-19(23-9-24-26)16-17(10-3-5-11(21)6-4-10)25-14-8-12(22)7-13(20(28)29-2)15(14)18(16)27;1-2-3/h3-9,16-17H,1-2H3,(H,25,27);2*3-9,16-17,25H,1-2H3;2H,1H3/p+1/t2*16-,17-;;/m11../s1. The zero-order valence-corrected chi connectivity index (χ0v) is 48.6. The number of aryl methyl sites for hydroxylation is 3. The number of aromatic nitrogens is 9. The van der Waals surface area contributed by atoms with Crippen LogP contribution in [0.1, 0.15) is 139 Å². The van der Waals surface area contributed by atoms with Gasteiger partial charge in [-0.05, 0) is 101 Å². The maximum Gasteiger partial charge on any atom is 0.338 e. The molecule has 0 amide bonds. The smallest absolute Gasteiger partial charge is 0.338 e. The first-order valence-electron chi connectivity index (χ1n) is 27.0. The number of hydrogen-bond acceptors (Lipinski definition) is 18. The maximum absolute atomic E-state index is 14.2. The molecule has 0 saturated carbocycles. The number of methoxy groups -OCH3 is 3. The van der Waals surface area contributed by atoms with Gasteiger partial charge in [0.2, 0.25) is 6.33 Å². The predicted octanol–water partition coefficient (Wildman–Crippen LogP) is 8.66. The molecule has 12 rings (SSSR count). The van der Waals surface area contributed by atoms with Gasteiger partial charge in [0.1, 0.15) is 84.4 Å². The summed E-state index contributed by atoms with van der Waals surface area (Å²) in [4.78, 5) is 98.7. The Morgan fingerprint density at radius 1 is 0.489 bits per heavy atom. The van der Waals surface area contributed by atoms with Crippen molar-refractivity contribution in [1.29, 1.82) is 0 Å². The fourth-order valence-electron chi connectivity index (χ4n) is 10.9. The third kappa shape index (κ3) is 12.6. The molecule has 3 aliphatic rings. The third-order valence-corrected chi connectivity index (χ3v) is 14.9. The third-order valence-electron chi connectivity index (χ3n) is 14.9. The van der Waals surface area contributed by atoms with E-state index in [1.165, 1.54) is 95.9 Å². The number of anilines is 3. The molecule has 3 aliphatic heterocycles. The van der Waals surface area contributed by atoms with Gasteiger partial charge in [0.05, 0.1) is 72.8 Å². The molecular weight excluding hydrogens is 1190 g/mol. The van der Waals surface area contributed by atoms with Crippen molar-refractivity contribution >= 4 is 58.6 Å². The van der Waals surface area contributed by atoms with E-state index in [-0.39, 0.29) is 50.4 Å². The number of ether oxygens (including phenoxy) is 3. The van der Waals surface area contributed by atoms with E-state index in [2.05, 4.69) is 46.2 Å². The number of fused-ring (bicyclic) bond motifs is 3. The molecule has 4 N–H and O–H groups in total. The number of halogens is 6. The molecule has 3 aromatic heterocycles. The van der Waals surface area contributed by atoms with Crippen molar-refractivity contribution in [1.82, 2.24) is 39.6 Å². The summed E-state index contributed by atoms with van der Waals surface area (Å²) in [5.74, 6) is -8.62. The number of benzene rings is 6. The first-order valence-corrected chi connectivity index (χ1v) is 27.0. The van der Waals surface area contributed by atoms with E-state index in [0.717, 1.165) is 64.0 Å². The quantitative estimate of drug-likeness (QED) is 0.0346. The number of rotatable bonds is 9. The highest BCUT2D eigenvalue weighted by atomic mass is 19.1. The molecule has 0 radical (unpaired) electrons. The van der Waals surface area contributed by atoms with E-state index < -0.39 is 106 Å². The molecule has 0 fully saturated rings. The van der Waals surface area contributed by atoms with Crippen molar-refractivity contribution in [2.24, 2.45) is 21.1 Å². The van der Waals surface area contributed by atoms with Crippen LogP contribution < -0.4 is 20.6 Å². The molecule has 0 spiro atoms. The minimum absolute atomic E-state index is 0.0182. The molecule has 2 unspecified atom stereocenters. The van der Waals surface area contributed by atoms with Crippen LogP contribution >= 0.6 is 0 Å². The number of carbonyl (C=O) groups is 7. The van der Waals surface area contributed by atoms with E-state index in [1.807, 2.05) is 0 Å². The second kappa shape index (κ2) is 26.8. The lowest BCUT2D eigenvalue weighted by molar-refractivity contribution is -0.735. The predicted molar refractivity (Wildman–Crippen MR) is 306 cm³/mol. The molecule has 6 aromatic carbocycles. The number of carbonyl (C=O) groups excluding carboxylic acids is 7. The summed E-state index contributed by atoms with van der Waals surface area (Å²) in [6, 6.07) is 21.2. The lowest BCUT2D eigenvalue weighted by Gasteiger charge is -2.34. The number of Topliss-reactive ketones (excluding diaryl/α,β-unsaturated/α-hetero) is 3. The Kier molecular flexibility index (Phi) is 18.9. The molecule has 22 nitrogen and oxygen atoms in total. The summed E-state index contributed by atoms with van der Waals surface area (Å²) in [5, 5.41) is 20.3. The van der Waals surface area contributed by atoms with Crippen LogP contribution in [0.4, 0.5) is 43.4 Å². The number of nitrogens with zero attached hydrogens (tertiary/aromatic N) is 8. The molecule has 90 heavy (non-hydrogen) atoms. The number of nitrogens with one attached hydrogen (secondary N) is 4.